The maximum atomic E-state index is 11.5. The van der Waals surface area contributed by atoms with Crippen LogP contribution in [0.1, 0.15) is 27.9 Å². The average Bonchev–Trinajstić information content (AvgIpc) is 2.75. The first-order valence-electron chi connectivity index (χ1n) is 5.99. The van der Waals surface area contributed by atoms with Crippen molar-refractivity contribution in [2.45, 2.75) is 20.4 Å². The number of rotatable bonds is 4. The number of nitrogen functional groups attached to an aromatic ring is 1. The fraction of sp³-hybridized carbons (Fsp3) is 0.286. The number of carbonyl (C=O) groups excluding carboxylic acids is 1. The fourth-order valence-electron chi connectivity index (χ4n) is 1.87. The van der Waals surface area contributed by atoms with E-state index < -0.39 is 0 Å². The van der Waals surface area contributed by atoms with Crippen LogP contribution in [0.25, 0.3) is 0 Å². The lowest BCUT2D eigenvalue weighted by molar-refractivity contribution is 0.101. The minimum Gasteiger partial charge on any atom is -0.398 e. The zero-order chi connectivity index (χ0) is 14.0. The van der Waals surface area contributed by atoms with E-state index in [1.165, 1.54) is 11.8 Å². The number of aromatic nitrogens is 1. The summed E-state index contributed by atoms with van der Waals surface area (Å²) in [5.74, 6) is -0.0123. The molecule has 0 spiro atoms. The third-order valence-corrected chi connectivity index (χ3v) is 4.00. The van der Waals surface area contributed by atoms with Crippen molar-refractivity contribution >= 4 is 28.5 Å². The Morgan fingerprint density at radius 1 is 1.47 bits per heavy atom. The average molecular weight is 275 g/mol. The van der Waals surface area contributed by atoms with Gasteiger partial charge in [0.1, 0.15) is 0 Å². The molecule has 5 heteroatoms. The Balaban J connectivity index is 2.24. The van der Waals surface area contributed by atoms with Crippen LogP contribution >= 0.6 is 11.3 Å². The molecule has 0 bridgehead atoms. The Morgan fingerprint density at radius 2 is 2.21 bits per heavy atom. The number of aryl methyl sites for hydroxylation is 1. The number of Topliss-reactive ketones (excluding diaryl/α,β-unsaturated/α-hetero) is 1. The first kappa shape index (κ1) is 13.5. The number of anilines is 2. The highest BCUT2D eigenvalue weighted by molar-refractivity contribution is 7.09. The van der Waals surface area contributed by atoms with Gasteiger partial charge in [-0.25, -0.2) is 4.98 Å². The van der Waals surface area contributed by atoms with Gasteiger partial charge in [-0.15, -0.1) is 11.3 Å². The number of hydrogen-bond donors (Lipinski definition) is 1. The van der Waals surface area contributed by atoms with Crippen LogP contribution in [-0.2, 0) is 6.54 Å². The Hall–Kier alpha value is -1.88. The quantitative estimate of drug-likeness (QED) is 0.688. The molecule has 0 saturated heterocycles. The van der Waals surface area contributed by atoms with Crippen molar-refractivity contribution in [2.24, 2.45) is 0 Å². The van der Waals surface area contributed by atoms with E-state index >= 15 is 0 Å². The third kappa shape index (κ3) is 2.93. The van der Waals surface area contributed by atoms with Crippen molar-refractivity contribution in [1.82, 2.24) is 4.98 Å². The summed E-state index contributed by atoms with van der Waals surface area (Å²) in [4.78, 5) is 19.1. The van der Waals surface area contributed by atoms with E-state index in [9.17, 15) is 4.79 Å². The number of benzene rings is 1. The van der Waals surface area contributed by atoms with Crippen molar-refractivity contribution in [1.29, 1.82) is 0 Å². The lowest BCUT2D eigenvalue weighted by atomic mass is 10.1. The largest absolute Gasteiger partial charge is 0.398 e. The molecule has 100 valence electrons. The molecule has 0 saturated carbocycles. The number of nitrogens with two attached hydrogens (primary N) is 1. The topological polar surface area (TPSA) is 59.2 Å². The summed E-state index contributed by atoms with van der Waals surface area (Å²) in [6.07, 6.45) is 0. The zero-order valence-electron chi connectivity index (χ0n) is 11.3. The summed E-state index contributed by atoms with van der Waals surface area (Å²) < 4.78 is 0. The number of carbonyl (C=O) groups is 1. The summed E-state index contributed by atoms with van der Waals surface area (Å²) in [5, 5.41) is 0. The first-order valence-corrected chi connectivity index (χ1v) is 6.87. The maximum Gasteiger partial charge on any atom is 0.161 e. The lowest BCUT2D eigenvalue weighted by Gasteiger charge is -2.20. The maximum absolute atomic E-state index is 11.5. The van der Waals surface area contributed by atoms with Crippen LogP contribution < -0.4 is 10.6 Å². The Kier molecular flexibility index (Phi) is 3.85. The zero-order valence-corrected chi connectivity index (χ0v) is 12.1. The molecule has 2 N–H and O–H groups in total. The van der Waals surface area contributed by atoms with Crippen molar-refractivity contribution < 1.29 is 4.79 Å². The predicted octanol–water partition coefficient (Wildman–Crippen LogP) is 2.87. The van der Waals surface area contributed by atoms with Gasteiger partial charge in [0.25, 0.3) is 0 Å². The van der Waals surface area contributed by atoms with Gasteiger partial charge in [-0.1, -0.05) is 0 Å². The van der Waals surface area contributed by atoms with E-state index in [0.29, 0.717) is 11.3 Å². The molecule has 0 aliphatic rings. The monoisotopic (exact) mass is 275 g/mol. The summed E-state index contributed by atoms with van der Waals surface area (Å²) >= 11 is 1.64. The molecular formula is C14H17N3OS. The summed E-state index contributed by atoms with van der Waals surface area (Å²) in [6.45, 7) is 4.31. The minimum atomic E-state index is -0.0123. The molecule has 19 heavy (non-hydrogen) atoms. The summed E-state index contributed by atoms with van der Waals surface area (Å²) in [6, 6.07) is 5.55. The molecule has 0 unspecified atom stereocenters. The summed E-state index contributed by atoms with van der Waals surface area (Å²) in [7, 11) is 1.99. The normalized spacial score (nSPS) is 10.5. The van der Waals surface area contributed by atoms with E-state index in [4.69, 9.17) is 5.73 Å². The van der Waals surface area contributed by atoms with Crippen LogP contribution in [0.4, 0.5) is 11.4 Å². The Bertz CT molecular complexity index is 606. The van der Waals surface area contributed by atoms with E-state index in [-0.39, 0.29) is 5.78 Å². The van der Waals surface area contributed by atoms with Gasteiger partial charge in [-0.3, -0.25) is 4.79 Å². The molecule has 2 aromatic rings. The van der Waals surface area contributed by atoms with Gasteiger partial charge in [0, 0.05) is 28.9 Å². The Morgan fingerprint density at radius 3 is 2.79 bits per heavy atom. The second-order valence-electron chi connectivity index (χ2n) is 4.54. The molecule has 2 rings (SSSR count). The molecule has 1 aromatic heterocycles. The highest BCUT2D eigenvalue weighted by Crippen LogP contribution is 2.23. The van der Waals surface area contributed by atoms with Gasteiger partial charge in [0.15, 0.2) is 5.78 Å². The van der Waals surface area contributed by atoms with E-state index in [1.54, 1.807) is 17.4 Å². The van der Waals surface area contributed by atoms with Crippen molar-refractivity contribution in [3.63, 3.8) is 0 Å². The van der Waals surface area contributed by atoms with Gasteiger partial charge >= 0.3 is 0 Å². The van der Waals surface area contributed by atoms with Crippen LogP contribution in [0.3, 0.4) is 0 Å². The van der Waals surface area contributed by atoms with E-state index in [2.05, 4.69) is 9.88 Å². The van der Waals surface area contributed by atoms with Gasteiger partial charge in [0.2, 0.25) is 0 Å². The highest BCUT2D eigenvalue weighted by atomic mass is 32.1. The van der Waals surface area contributed by atoms with E-state index in [1.807, 2.05) is 31.6 Å². The highest BCUT2D eigenvalue weighted by Gasteiger charge is 2.10. The second-order valence-corrected chi connectivity index (χ2v) is 5.48. The standard InChI is InChI=1S/C14H17N3OS/c1-9-14(19-8-16-9)7-17(3)11-4-5-13(15)12(6-11)10(2)18/h4-6,8H,7,15H2,1-3H3. The molecule has 4 nitrogen and oxygen atoms in total. The Labute approximate surface area is 116 Å². The van der Waals surface area contributed by atoms with Gasteiger partial charge < -0.3 is 10.6 Å². The SMILES string of the molecule is CC(=O)c1cc(N(C)Cc2scnc2C)ccc1N. The molecule has 0 radical (unpaired) electrons. The number of nitrogens with zero attached hydrogens (tertiary/aromatic N) is 2. The molecule has 0 aliphatic heterocycles. The lowest BCUT2D eigenvalue weighted by Crippen LogP contribution is -2.17. The number of hydrogen-bond acceptors (Lipinski definition) is 5. The van der Waals surface area contributed by atoms with Crippen molar-refractivity contribution in [3.05, 3.63) is 39.8 Å². The van der Waals surface area contributed by atoms with Gasteiger partial charge in [-0.2, -0.15) is 0 Å². The minimum absolute atomic E-state index is 0.0123. The summed E-state index contributed by atoms with van der Waals surface area (Å²) in [5.41, 5.74) is 10.8. The van der Waals surface area contributed by atoms with Crippen LogP contribution in [-0.4, -0.2) is 17.8 Å². The third-order valence-electron chi connectivity index (χ3n) is 3.08. The van der Waals surface area contributed by atoms with Crippen LogP contribution in [0, 0.1) is 6.92 Å². The number of thiazole rings is 1. The first-order chi connectivity index (χ1) is 8.99. The molecule has 0 fully saturated rings. The second kappa shape index (κ2) is 5.40. The van der Waals surface area contributed by atoms with Crippen LogP contribution in [0.15, 0.2) is 23.7 Å². The smallest absolute Gasteiger partial charge is 0.161 e. The predicted molar refractivity (Wildman–Crippen MR) is 79.8 cm³/mol. The molecule has 0 amide bonds. The van der Waals surface area contributed by atoms with Crippen LogP contribution in [0.2, 0.25) is 0 Å². The fourth-order valence-corrected chi connectivity index (χ4v) is 2.70. The molecule has 1 aromatic carbocycles. The molecule has 0 aliphatic carbocycles. The molecule has 1 heterocycles. The number of ketones is 1. The van der Waals surface area contributed by atoms with Crippen molar-refractivity contribution in [3.8, 4) is 0 Å². The molecular weight excluding hydrogens is 258 g/mol. The van der Waals surface area contributed by atoms with E-state index in [0.717, 1.165) is 17.9 Å². The van der Waals surface area contributed by atoms with Gasteiger partial charge in [0.05, 0.1) is 17.7 Å². The molecule has 0 atom stereocenters. The van der Waals surface area contributed by atoms with Crippen molar-refractivity contribution in [2.75, 3.05) is 17.7 Å². The van der Waals surface area contributed by atoms with Gasteiger partial charge in [-0.05, 0) is 32.0 Å². The van der Waals surface area contributed by atoms with Crippen LogP contribution in [0.5, 0.6) is 0 Å².